The quantitative estimate of drug-likeness (QED) is 0.745. The van der Waals surface area contributed by atoms with Crippen LogP contribution in [0.15, 0.2) is 29.2 Å². The highest BCUT2D eigenvalue weighted by molar-refractivity contribution is 5.17. The van der Waals surface area contributed by atoms with E-state index in [4.69, 9.17) is 9.26 Å². The van der Waals surface area contributed by atoms with E-state index in [0.717, 1.165) is 25.1 Å². The van der Waals surface area contributed by atoms with E-state index < -0.39 is 0 Å². The molecule has 0 aliphatic heterocycles. The van der Waals surface area contributed by atoms with E-state index >= 15 is 0 Å². The Kier molecular flexibility index (Phi) is 4.04. The van der Waals surface area contributed by atoms with Crippen molar-refractivity contribution in [2.45, 2.75) is 13.0 Å². The molecule has 0 aromatic carbocycles. The summed E-state index contributed by atoms with van der Waals surface area (Å²) in [4.78, 5) is 8.06. The normalized spacial score (nSPS) is 10.4. The maximum absolute atomic E-state index is 4.98. The van der Waals surface area contributed by atoms with Gasteiger partial charge in [-0.2, -0.15) is 4.98 Å². The monoisotopic (exact) mass is 234 g/mol. The zero-order valence-corrected chi connectivity index (χ0v) is 9.59. The van der Waals surface area contributed by atoms with Gasteiger partial charge in [0.15, 0.2) is 6.33 Å². The Hall–Kier alpha value is -1.95. The van der Waals surface area contributed by atoms with Gasteiger partial charge in [0, 0.05) is 31.8 Å². The summed E-state index contributed by atoms with van der Waals surface area (Å²) < 4.78 is 9.87. The van der Waals surface area contributed by atoms with E-state index in [-0.39, 0.29) is 0 Å². The number of nitrogens with one attached hydrogen (secondary N) is 1. The first kappa shape index (κ1) is 11.5. The second kappa shape index (κ2) is 5.95. The standard InChI is InChI=1S/C11H14N4O2/c1-16-10-3-2-9(7-13-10)6-12-5-4-11-14-8-15-17-11/h2-3,7-8,12H,4-6H2,1H3. The van der Waals surface area contributed by atoms with Crippen LogP contribution in [-0.2, 0) is 13.0 Å². The molecule has 0 spiro atoms. The Morgan fingerprint density at radius 2 is 2.29 bits per heavy atom. The van der Waals surface area contributed by atoms with Gasteiger partial charge in [0.05, 0.1) is 7.11 Å². The Bertz CT molecular complexity index is 427. The molecule has 2 aromatic rings. The molecule has 6 heteroatoms. The fourth-order valence-electron chi connectivity index (χ4n) is 1.37. The van der Waals surface area contributed by atoms with Gasteiger partial charge in [-0.25, -0.2) is 4.98 Å². The molecule has 90 valence electrons. The largest absolute Gasteiger partial charge is 0.481 e. The zero-order chi connectivity index (χ0) is 11.9. The summed E-state index contributed by atoms with van der Waals surface area (Å²) >= 11 is 0. The van der Waals surface area contributed by atoms with Gasteiger partial charge in [0.25, 0.3) is 0 Å². The topological polar surface area (TPSA) is 73.1 Å². The molecule has 2 aromatic heterocycles. The van der Waals surface area contributed by atoms with Crippen molar-refractivity contribution in [3.05, 3.63) is 36.1 Å². The predicted octanol–water partition coefficient (Wildman–Crippen LogP) is 0.806. The van der Waals surface area contributed by atoms with Gasteiger partial charge in [-0.3, -0.25) is 0 Å². The average molecular weight is 234 g/mol. The molecule has 17 heavy (non-hydrogen) atoms. The molecular formula is C11H14N4O2. The van der Waals surface area contributed by atoms with Gasteiger partial charge in [0.2, 0.25) is 11.8 Å². The highest BCUT2D eigenvalue weighted by Crippen LogP contribution is 2.06. The van der Waals surface area contributed by atoms with Crippen LogP contribution in [0.25, 0.3) is 0 Å². The number of pyridine rings is 1. The van der Waals surface area contributed by atoms with Crippen molar-refractivity contribution in [2.24, 2.45) is 0 Å². The maximum atomic E-state index is 4.98. The van der Waals surface area contributed by atoms with E-state index in [1.54, 1.807) is 13.3 Å². The van der Waals surface area contributed by atoms with Gasteiger partial charge < -0.3 is 14.6 Å². The van der Waals surface area contributed by atoms with E-state index in [2.05, 4.69) is 20.4 Å². The van der Waals surface area contributed by atoms with Crippen molar-refractivity contribution in [1.29, 1.82) is 0 Å². The van der Waals surface area contributed by atoms with Gasteiger partial charge in [-0.05, 0) is 5.56 Å². The molecule has 6 nitrogen and oxygen atoms in total. The summed E-state index contributed by atoms with van der Waals surface area (Å²) in [5, 5.41) is 6.81. The summed E-state index contributed by atoms with van der Waals surface area (Å²) in [5.74, 6) is 1.27. The smallest absolute Gasteiger partial charge is 0.227 e. The van der Waals surface area contributed by atoms with Gasteiger partial charge in [-0.15, -0.1) is 0 Å². The van der Waals surface area contributed by atoms with Crippen LogP contribution >= 0.6 is 0 Å². The first-order valence-electron chi connectivity index (χ1n) is 5.33. The molecule has 0 unspecified atom stereocenters. The molecule has 0 fully saturated rings. The lowest BCUT2D eigenvalue weighted by molar-refractivity contribution is 0.375. The van der Waals surface area contributed by atoms with Crippen LogP contribution in [0.4, 0.5) is 0 Å². The van der Waals surface area contributed by atoms with Crippen LogP contribution < -0.4 is 10.1 Å². The minimum atomic E-state index is 0.625. The first-order chi connectivity index (χ1) is 8.38. The summed E-state index contributed by atoms with van der Waals surface area (Å²) in [6, 6.07) is 3.82. The Morgan fingerprint density at radius 3 is 2.94 bits per heavy atom. The van der Waals surface area contributed by atoms with E-state index in [1.165, 1.54) is 6.33 Å². The molecule has 0 bridgehead atoms. The minimum Gasteiger partial charge on any atom is -0.481 e. The Balaban J connectivity index is 1.70. The number of hydrogen-bond acceptors (Lipinski definition) is 6. The van der Waals surface area contributed by atoms with Gasteiger partial charge in [-0.1, -0.05) is 11.2 Å². The number of aromatic nitrogens is 3. The van der Waals surface area contributed by atoms with Crippen LogP contribution in [0, 0.1) is 0 Å². The van der Waals surface area contributed by atoms with Crippen LogP contribution in [0.2, 0.25) is 0 Å². The third-order valence-corrected chi connectivity index (χ3v) is 2.26. The van der Waals surface area contributed by atoms with Crippen LogP contribution in [0.5, 0.6) is 5.88 Å². The van der Waals surface area contributed by atoms with Crippen molar-refractivity contribution < 1.29 is 9.26 Å². The van der Waals surface area contributed by atoms with E-state index in [0.29, 0.717) is 11.8 Å². The SMILES string of the molecule is COc1ccc(CNCCc2ncno2)cn1. The molecule has 0 aliphatic carbocycles. The molecule has 2 heterocycles. The summed E-state index contributed by atoms with van der Waals surface area (Å²) in [7, 11) is 1.60. The number of methoxy groups -OCH3 is 1. The summed E-state index contributed by atoms with van der Waals surface area (Å²) in [5.41, 5.74) is 1.11. The molecule has 0 saturated carbocycles. The molecule has 0 aliphatic rings. The van der Waals surface area contributed by atoms with Crippen LogP contribution in [-0.4, -0.2) is 28.8 Å². The third kappa shape index (κ3) is 3.53. The molecular weight excluding hydrogens is 220 g/mol. The van der Waals surface area contributed by atoms with Crippen LogP contribution in [0.3, 0.4) is 0 Å². The second-order valence-electron chi connectivity index (χ2n) is 3.47. The molecule has 0 saturated heterocycles. The third-order valence-electron chi connectivity index (χ3n) is 2.26. The fourth-order valence-corrected chi connectivity index (χ4v) is 1.37. The number of hydrogen-bond donors (Lipinski definition) is 1. The Morgan fingerprint density at radius 1 is 1.35 bits per heavy atom. The van der Waals surface area contributed by atoms with E-state index in [1.807, 2.05) is 12.1 Å². The molecule has 2 rings (SSSR count). The maximum Gasteiger partial charge on any atom is 0.227 e. The van der Waals surface area contributed by atoms with Crippen molar-refractivity contribution in [2.75, 3.05) is 13.7 Å². The van der Waals surface area contributed by atoms with Crippen molar-refractivity contribution in [3.63, 3.8) is 0 Å². The zero-order valence-electron chi connectivity index (χ0n) is 9.59. The lowest BCUT2D eigenvalue weighted by Gasteiger charge is -2.03. The van der Waals surface area contributed by atoms with Gasteiger partial charge in [0.1, 0.15) is 0 Å². The highest BCUT2D eigenvalue weighted by atomic mass is 16.5. The van der Waals surface area contributed by atoms with Crippen molar-refractivity contribution in [3.8, 4) is 5.88 Å². The summed E-state index contributed by atoms with van der Waals surface area (Å²) in [6.07, 6.45) is 3.92. The van der Waals surface area contributed by atoms with E-state index in [9.17, 15) is 0 Å². The Labute approximate surface area is 99.0 Å². The number of ether oxygens (including phenoxy) is 1. The van der Waals surface area contributed by atoms with Gasteiger partial charge >= 0.3 is 0 Å². The lowest BCUT2D eigenvalue weighted by Crippen LogP contribution is -2.16. The minimum absolute atomic E-state index is 0.625. The summed E-state index contributed by atoms with van der Waals surface area (Å²) in [6.45, 7) is 1.54. The van der Waals surface area contributed by atoms with Crippen LogP contribution in [0.1, 0.15) is 11.5 Å². The highest BCUT2D eigenvalue weighted by Gasteiger charge is 1.99. The lowest BCUT2D eigenvalue weighted by atomic mass is 10.3. The number of nitrogens with zero attached hydrogens (tertiary/aromatic N) is 3. The second-order valence-corrected chi connectivity index (χ2v) is 3.47. The first-order valence-corrected chi connectivity index (χ1v) is 5.33. The molecule has 0 radical (unpaired) electrons. The molecule has 0 amide bonds. The fraction of sp³-hybridized carbons (Fsp3) is 0.364. The average Bonchev–Trinajstić information content (AvgIpc) is 2.88. The molecule has 1 N–H and O–H groups in total. The number of rotatable bonds is 6. The predicted molar refractivity (Wildman–Crippen MR) is 60.5 cm³/mol. The van der Waals surface area contributed by atoms with Crippen molar-refractivity contribution >= 4 is 0 Å². The molecule has 0 atom stereocenters. The van der Waals surface area contributed by atoms with Crippen molar-refractivity contribution in [1.82, 2.24) is 20.4 Å².